The van der Waals surface area contributed by atoms with Crippen LogP contribution in [0.25, 0.3) is 11.1 Å². The molecule has 3 rings (SSSR count). The van der Waals surface area contributed by atoms with Crippen molar-refractivity contribution >= 4 is 47.5 Å². The normalized spacial score (nSPS) is 14.9. The van der Waals surface area contributed by atoms with Gasteiger partial charge in [0.2, 0.25) is 17.7 Å². The molecule has 0 aliphatic heterocycles. The van der Waals surface area contributed by atoms with Crippen LogP contribution in [0.4, 0.5) is 4.79 Å². The summed E-state index contributed by atoms with van der Waals surface area (Å²) in [6, 6.07) is 11.2. The molecule has 14 heteroatoms. The van der Waals surface area contributed by atoms with Crippen molar-refractivity contribution < 1.29 is 43.7 Å². The lowest BCUT2D eigenvalue weighted by molar-refractivity contribution is -0.143. The zero-order chi connectivity index (χ0) is 37.7. The minimum Gasteiger partial charge on any atom is -0.481 e. The Morgan fingerprint density at radius 1 is 0.765 bits per heavy atom. The number of carbonyl (C=O) groups is 6. The second kappa shape index (κ2) is 19.7. The maximum absolute atomic E-state index is 13.7. The smallest absolute Gasteiger partial charge is 0.407 e. The summed E-state index contributed by atoms with van der Waals surface area (Å²) in [5, 5.41) is 29.0. The van der Waals surface area contributed by atoms with E-state index in [1.165, 1.54) is 11.8 Å². The van der Waals surface area contributed by atoms with Crippen LogP contribution >= 0.6 is 11.8 Å². The van der Waals surface area contributed by atoms with Crippen LogP contribution < -0.4 is 21.3 Å². The highest BCUT2D eigenvalue weighted by Gasteiger charge is 2.34. The van der Waals surface area contributed by atoms with Gasteiger partial charge < -0.3 is 36.2 Å². The average molecular weight is 727 g/mol. The van der Waals surface area contributed by atoms with Gasteiger partial charge in [0, 0.05) is 12.3 Å². The zero-order valence-corrected chi connectivity index (χ0v) is 30.6. The number of nitrogens with one attached hydrogen (secondary N) is 4. The Morgan fingerprint density at radius 3 is 1.86 bits per heavy atom. The Morgan fingerprint density at radius 2 is 1.33 bits per heavy atom. The van der Waals surface area contributed by atoms with E-state index >= 15 is 0 Å². The van der Waals surface area contributed by atoms with Crippen molar-refractivity contribution in [3.05, 3.63) is 59.7 Å². The fourth-order valence-electron chi connectivity index (χ4n) is 6.00. The van der Waals surface area contributed by atoms with Crippen molar-refractivity contribution in [2.24, 2.45) is 11.8 Å². The highest BCUT2D eigenvalue weighted by atomic mass is 32.2. The first-order valence-electron chi connectivity index (χ1n) is 17.2. The standard InChI is InChI=1S/C37H50N4O9S/c1-6-22(4)32(35(46)39-30(19-21(2)3)34(45)38-29(36(47)48)15-16-31(42)43)41-33(44)28(17-18-51-5)40-37(49)50-20-27-25-13-9-7-11-23(25)24-12-8-10-14-26(24)27/h7-14,21-22,27-30,32H,6,15-20H2,1-5H3,(H,38,45)(H,39,46)(H,40,49)(H,41,44)(H,42,43)(H,47,48)/t22-,28-,29-,30-,32-/m0/s1. The summed E-state index contributed by atoms with van der Waals surface area (Å²) in [6.07, 6.45) is 1.20. The largest absolute Gasteiger partial charge is 0.481 e. The summed E-state index contributed by atoms with van der Waals surface area (Å²) in [4.78, 5) is 76.4. The number of rotatable bonds is 20. The number of benzene rings is 2. The van der Waals surface area contributed by atoms with E-state index in [9.17, 15) is 33.9 Å². The average Bonchev–Trinajstić information content (AvgIpc) is 3.41. The number of alkyl carbamates (subject to hydrolysis) is 1. The van der Waals surface area contributed by atoms with E-state index in [0.29, 0.717) is 12.2 Å². The van der Waals surface area contributed by atoms with Crippen LogP contribution in [0.15, 0.2) is 48.5 Å². The number of hydrogen-bond donors (Lipinski definition) is 6. The van der Waals surface area contributed by atoms with Crippen LogP contribution in [-0.2, 0) is 28.7 Å². The molecule has 2 aromatic rings. The van der Waals surface area contributed by atoms with Gasteiger partial charge in [-0.2, -0.15) is 11.8 Å². The lowest BCUT2D eigenvalue weighted by Gasteiger charge is -2.29. The van der Waals surface area contributed by atoms with Crippen LogP contribution in [0, 0.1) is 11.8 Å². The van der Waals surface area contributed by atoms with E-state index < -0.39 is 66.3 Å². The topological polar surface area (TPSA) is 200 Å². The molecule has 0 spiro atoms. The summed E-state index contributed by atoms with van der Waals surface area (Å²) < 4.78 is 5.68. The van der Waals surface area contributed by atoms with Crippen LogP contribution in [0.5, 0.6) is 0 Å². The Bertz CT molecular complexity index is 1510. The number of fused-ring (bicyclic) bond motifs is 3. The number of ether oxygens (including phenoxy) is 1. The van der Waals surface area contributed by atoms with E-state index in [1.807, 2.05) is 75.6 Å². The highest BCUT2D eigenvalue weighted by Crippen LogP contribution is 2.44. The van der Waals surface area contributed by atoms with Gasteiger partial charge in [0.05, 0.1) is 0 Å². The number of thioether (sulfide) groups is 1. The molecule has 51 heavy (non-hydrogen) atoms. The predicted octanol–water partition coefficient (Wildman–Crippen LogP) is 4.14. The molecule has 4 amide bonds. The summed E-state index contributed by atoms with van der Waals surface area (Å²) >= 11 is 1.49. The Balaban J connectivity index is 1.71. The quantitative estimate of drug-likeness (QED) is 0.115. The first-order chi connectivity index (χ1) is 24.3. The molecule has 1 aliphatic carbocycles. The highest BCUT2D eigenvalue weighted by molar-refractivity contribution is 7.98. The number of carboxylic acid groups (broad SMARTS) is 2. The van der Waals surface area contributed by atoms with Crippen LogP contribution in [-0.4, -0.2) is 88.7 Å². The molecular weight excluding hydrogens is 676 g/mol. The molecule has 0 fully saturated rings. The number of carboxylic acids is 2. The van der Waals surface area contributed by atoms with E-state index in [4.69, 9.17) is 9.84 Å². The molecule has 0 bridgehead atoms. The monoisotopic (exact) mass is 726 g/mol. The van der Waals surface area contributed by atoms with Crippen molar-refractivity contribution in [2.45, 2.75) is 89.9 Å². The molecule has 0 aromatic heterocycles. The summed E-state index contributed by atoms with van der Waals surface area (Å²) in [5.74, 6) is -4.73. The third-order valence-corrected chi connectivity index (χ3v) is 9.60. The fraction of sp³-hybridized carbons (Fsp3) is 0.514. The van der Waals surface area contributed by atoms with Gasteiger partial charge in [0.15, 0.2) is 0 Å². The van der Waals surface area contributed by atoms with E-state index in [0.717, 1.165) is 22.3 Å². The number of aliphatic carboxylic acids is 2. The van der Waals surface area contributed by atoms with E-state index in [1.54, 1.807) is 6.92 Å². The molecule has 5 atom stereocenters. The third-order valence-electron chi connectivity index (χ3n) is 8.96. The van der Waals surface area contributed by atoms with Gasteiger partial charge in [-0.1, -0.05) is 82.6 Å². The predicted molar refractivity (Wildman–Crippen MR) is 194 cm³/mol. The molecule has 0 saturated carbocycles. The second-order valence-corrected chi connectivity index (χ2v) is 14.2. The molecule has 0 unspecified atom stereocenters. The first-order valence-corrected chi connectivity index (χ1v) is 18.6. The molecule has 13 nitrogen and oxygen atoms in total. The molecule has 1 aliphatic rings. The van der Waals surface area contributed by atoms with Crippen LogP contribution in [0.3, 0.4) is 0 Å². The maximum atomic E-state index is 13.7. The lowest BCUT2D eigenvalue weighted by Crippen LogP contribution is -2.59. The number of hydrogen-bond acceptors (Lipinski definition) is 8. The SMILES string of the molecule is CC[C@H](C)[C@H](NC(=O)[C@H](CCSC)NC(=O)OCC1c2ccccc2-c2ccccc21)C(=O)N[C@@H](CC(C)C)C(=O)N[C@@H](CCC(=O)O)C(=O)O. The van der Waals surface area contributed by atoms with Gasteiger partial charge in [-0.3, -0.25) is 19.2 Å². The number of amides is 4. The van der Waals surface area contributed by atoms with Crippen molar-refractivity contribution in [1.82, 2.24) is 21.3 Å². The summed E-state index contributed by atoms with van der Waals surface area (Å²) in [7, 11) is 0. The second-order valence-electron chi connectivity index (χ2n) is 13.2. The van der Waals surface area contributed by atoms with Gasteiger partial charge >= 0.3 is 18.0 Å². The minimum absolute atomic E-state index is 0.0625. The Hall–Kier alpha value is -4.59. The molecule has 0 radical (unpaired) electrons. The third kappa shape index (κ3) is 11.7. The molecule has 2 aromatic carbocycles. The zero-order valence-electron chi connectivity index (χ0n) is 29.8. The van der Waals surface area contributed by atoms with Gasteiger partial charge in [-0.05, 0) is 65.4 Å². The summed E-state index contributed by atoms with van der Waals surface area (Å²) in [6.45, 7) is 7.32. The molecule has 0 saturated heterocycles. The maximum Gasteiger partial charge on any atom is 0.407 e. The molecular formula is C37H50N4O9S. The van der Waals surface area contributed by atoms with Gasteiger partial charge in [0.1, 0.15) is 30.8 Å². The van der Waals surface area contributed by atoms with Crippen molar-refractivity contribution in [3.8, 4) is 11.1 Å². The van der Waals surface area contributed by atoms with Crippen molar-refractivity contribution in [3.63, 3.8) is 0 Å². The van der Waals surface area contributed by atoms with E-state index in [-0.39, 0.29) is 43.6 Å². The Labute approximate surface area is 303 Å². The fourth-order valence-corrected chi connectivity index (χ4v) is 6.48. The minimum atomic E-state index is -1.47. The summed E-state index contributed by atoms with van der Waals surface area (Å²) in [5.41, 5.74) is 4.27. The van der Waals surface area contributed by atoms with Crippen molar-refractivity contribution in [2.75, 3.05) is 18.6 Å². The lowest BCUT2D eigenvalue weighted by atomic mass is 9.96. The van der Waals surface area contributed by atoms with Crippen molar-refractivity contribution in [1.29, 1.82) is 0 Å². The van der Waals surface area contributed by atoms with Crippen LogP contribution in [0.2, 0.25) is 0 Å². The molecule has 0 heterocycles. The Kier molecular flexibility index (Phi) is 15.8. The molecule has 6 N–H and O–H groups in total. The molecule has 278 valence electrons. The van der Waals surface area contributed by atoms with Gasteiger partial charge in [0.25, 0.3) is 0 Å². The number of carbonyl (C=O) groups excluding carboxylic acids is 4. The van der Waals surface area contributed by atoms with Gasteiger partial charge in [-0.25, -0.2) is 9.59 Å². The van der Waals surface area contributed by atoms with Crippen LogP contribution in [0.1, 0.15) is 76.8 Å². The van der Waals surface area contributed by atoms with E-state index in [2.05, 4.69) is 21.3 Å². The first kappa shape index (κ1) is 40.8. The van der Waals surface area contributed by atoms with Gasteiger partial charge in [-0.15, -0.1) is 0 Å².